The van der Waals surface area contributed by atoms with Crippen LogP contribution in [0.2, 0.25) is 0 Å². The lowest BCUT2D eigenvalue weighted by Crippen LogP contribution is -2.12. The van der Waals surface area contributed by atoms with E-state index in [-0.39, 0.29) is 0 Å². The molecule has 2 rings (SSSR count). The van der Waals surface area contributed by atoms with E-state index in [9.17, 15) is 0 Å². The molecule has 0 atom stereocenters. The van der Waals surface area contributed by atoms with E-state index in [2.05, 4.69) is 53.6 Å². The second kappa shape index (κ2) is 5.91. The maximum absolute atomic E-state index is 4.30. The molecule has 0 saturated heterocycles. The highest BCUT2D eigenvalue weighted by atomic mass is 79.9. The monoisotopic (exact) mass is 360 g/mol. The van der Waals surface area contributed by atoms with Gasteiger partial charge in [-0.1, -0.05) is 0 Å². The summed E-state index contributed by atoms with van der Waals surface area (Å²) in [5, 5.41) is 5.45. The number of thiophene rings is 1. The van der Waals surface area contributed by atoms with E-state index in [4.69, 9.17) is 0 Å². The predicted octanol–water partition coefficient (Wildman–Crippen LogP) is 3.96. The van der Waals surface area contributed by atoms with E-state index in [0.29, 0.717) is 0 Å². The zero-order valence-corrected chi connectivity index (χ0v) is 12.4. The van der Waals surface area contributed by atoms with Gasteiger partial charge in [-0.2, -0.15) is 0 Å². The first-order chi connectivity index (χ1) is 7.74. The molecule has 0 saturated carbocycles. The van der Waals surface area contributed by atoms with Gasteiger partial charge in [0.1, 0.15) is 0 Å². The third-order valence-corrected chi connectivity index (χ3v) is 4.18. The van der Waals surface area contributed by atoms with Crippen LogP contribution in [0.1, 0.15) is 10.6 Å². The zero-order chi connectivity index (χ0) is 11.4. The number of nitrogens with one attached hydrogen (secondary N) is 1. The van der Waals surface area contributed by atoms with Crippen LogP contribution in [0.15, 0.2) is 38.7 Å². The van der Waals surface area contributed by atoms with E-state index in [0.717, 1.165) is 27.7 Å². The zero-order valence-electron chi connectivity index (χ0n) is 8.41. The normalized spacial score (nSPS) is 10.6. The molecule has 0 fully saturated rings. The molecule has 16 heavy (non-hydrogen) atoms. The summed E-state index contributed by atoms with van der Waals surface area (Å²) in [7, 11) is 0. The van der Waals surface area contributed by atoms with Crippen molar-refractivity contribution in [3.63, 3.8) is 0 Å². The highest BCUT2D eigenvalue weighted by Crippen LogP contribution is 2.19. The van der Waals surface area contributed by atoms with E-state index < -0.39 is 0 Å². The lowest BCUT2D eigenvalue weighted by molar-refractivity contribution is 0.686. The summed E-state index contributed by atoms with van der Waals surface area (Å²) in [6.45, 7) is 1.68. The standard InChI is InChI=1S/C11H10Br2N2S/c12-8-1-2-10(15-4-8)5-14-6-11-3-9(13)7-16-11/h1-4,7,14H,5-6H2. The van der Waals surface area contributed by atoms with Crippen molar-refractivity contribution < 1.29 is 0 Å². The number of rotatable bonds is 4. The van der Waals surface area contributed by atoms with Gasteiger partial charge in [0.2, 0.25) is 0 Å². The van der Waals surface area contributed by atoms with E-state index in [1.54, 1.807) is 11.3 Å². The molecule has 2 nitrogen and oxygen atoms in total. The number of aromatic nitrogens is 1. The van der Waals surface area contributed by atoms with Crippen LogP contribution in [0.5, 0.6) is 0 Å². The summed E-state index contributed by atoms with van der Waals surface area (Å²) < 4.78 is 2.16. The summed E-state index contributed by atoms with van der Waals surface area (Å²) in [5.74, 6) is 0. The average Bonchev–Trinajstić information content (AvgIpc) is 2.67. The molecule has 0 radical (unpaired) electrons. The van der Waals surface area contributed by atoms with Crippen molar-refractivity contribution in [1.29, 1.82) is 0 Å². The van der Waals surface area contributed by atoms with Gasteiger partial charge >= 0.3 is 0 Å². The Balaban J connectivity index is 1.82. The van der Waals surface area contributed by atoms with Gasteiger partial charge in [-0.25, -0.2) is 0 Å². The first kappa shape index (κ1) is 12.2. The van der Waals surface area contributed by atoms with Gasteiger partial charge in [0, 0.05) is 38.5 Å². The third-order valence-electron chi connectivity index (χ3n) is 2.02. The molecule has 0 spiro atoms. The summed E-state index contributed by atoms with van der Waals surface area (Å²) in [5.41, 5.74) is 1.05. The first-order valence-corrected chi connectivity index (χ1v) is 7.24. The maximum Gasteiger partial charge on any atom is 0.0542 e. The van der Waals surface area contributed by atoms with Crippen LogP contribution in [0.3, 0.4) is 0 Å². The molecule has 2 heterocycles. The molecule has 2 aromatic heterocycles. The van der Waals surface area contributed by atoms with Crippen LogP contribution in [-0.4, -0.2) is 4.98 Å². The maximum atomic E-state index is 4.30. The van der Waals surface area contributed by atoms with Gasteiger partial charge in [-0.3, -0.25) is 4.98 Å². The van der Waals surface area contributed by atoms with Crippen molar-refractivity contribution in [1.82, 2.24) is 10.3 Å². The largest absolute Gasteiger partial charge is 0.306 e. The molecule has 0 aliphatic heterocycles. The molecule has 0 amide bonds. The Morgan fingerprint density at radius 3 is 2.69 bits per heavy atom. The Morgan fingerprint density at radius 2 is 2.06 bits per heavy atom. The Morgan fingerprint density at radius 1 is 1.19 bits per heavy atom. The third kappa shape index (κ3) is 3.66. The van der Waals surface area contributed by atoms with E-state index in [1.807, 2.05) is 18.3 Å². The number of halogens is 2. The molecule has 0 aromatic carbocycles. The van der Waals surface area contributed by atoms with Crippen LogP contribution in [-0.2, 0) is 13.1 Å². The molecule has 0 unspecified atom stereocenters. The topological polar surface area (TPSA) is 24.9 Å². The number of pyridine rings is 1. The van der Waals surface area contributed by atoms with Gasteiger partial charge < -0.3 is 5.32 Å². The fourth-order valence-electron chi connectivity index (χ4n) is 1.27. The van der Waals surface area contributed by atoms with Crippen molar-refractivity contribution in [2.75, 3.05) is 0 Å². The highest BCUT2D eigenvalue weighted by molar-refractivity contribution is 9.10. The fraction of sp³-hybridized carbons (Fsp3) is 0.182. The lowest BCUT2D eigenvalue weighted by atomic mass is 10.3. The summed E-state index contributed by atoms with van der Waals surface area (Å²) in [6, 6.07) is 6.15. The summed E-state index contributed by atoms with van der Waals surface area (Å²) >= 11 is 8.56. The summed E-state index contributed by atoms with van der Waals surface area (Å²) in [4.78, 5) is 5.62. The van der Waals surface area contributed by atoms with Crippen molar-refractivity contribution in [3.05, 3.63) is 49.3 Å². The Hall–Kier alpha value is -0.230. The molecule has 84 valence electrons. The van der Waals surface area contributed by atoms with Crippen molar-refractivity contribution in [3.8, 4) is 0 Å². The van der Waals surface area contributed by atoms with Crippen molar-refractivity contribution in [2.24, 2.45) is 0 Å². The van der Waals surface area contributed by atoms with Crippen LogP contribution in [0.25, 0.3) is 0 Å². The minimum atomic E-state index is 0.794. The Labute approximate surface area is 115 Å². The van der Waals surface area contributed by atoms with E-state index >= 15 is 0 Å². The molecule has 0 aliphatic carbocycles. The minimum absolute atomic E-state index is 0.794. The minimum Gasteiger partial charge on any atom is -0.306 e. The van der Waals surface area contributed by atoms with Gasteiger partial charge in [0.25, 0.3) is 0 Å². The van der Waals surface area contributed by atoms with Crippen LogP contribution >= 0.6 is 43.2 Å². The van der Waals surface area contributed by atoms with Gasteiger partial charge in [0.05, 0.1) is 5.69 Å². The molecular formula is C11H10Br2N2S. The van der Waals surface area contributed by atoms with Gasteiger partial charge in [-0.15, -0.1) is 11.3 Å². The molecule has 0 bridgehead atoms. The number of nitrogens with zero attached hydrogens (tertiary/aromatic N) is 1. The Kier molecular flexibility index (Phi) is 4.52. The van der Waals surface area contributed by atoms with Crippen molar-refractivity contribution >= 4 is 43.2 Å². The SMILES string of the molecule is Brc1ccc(CNCc2cc(Br)cs2)nc1. The van der Waals surface area contributed by atoms with E-state index in [1.165, 1.54) is 4.88 Å². The van der Waals surface area contributed by atoms with Crippen LogP contribution in [0.4, 0.5) is 0 Å². The number of hydrogen-bond donors (Lipinski definition) is 1. The fourth-order valence-corrected chi connectivity index (χ4v) is 2.93. The number of hydrogen-bond acceptors (Lipinski definition) is 3. The van der Waals surface area contributed by atoms with Gasteiger partial charge in [-0.05, 0) is 50.1 Å². The van der Waals surface area contributed by atoms with Crippen LogP contribution in [0, 0.1) is 0 Å². The van der Waals surface area contributed by atoms with Crippen molar-refractivity contribution in [2.45, 2.75) is 13.1 Å². The molecule has 1 N–H and O–H groups in total. The predicted molar refractivity (Wildman–Crippen MR) is 74.5 cm³/mol. The smallest absolute Gasteiger partial charge is 0.0542 e. The Bertz CT molecular complexity index is 453. The molecular weight excluding hydrogens is 352 g/mol. The lowest BCUT2D eigenvalue weighted by Gasteiger charge is -2.02. The van der Waals surface area contributed by atoms with Crippen LogP contribution < -0.4 is 5.32 Å². The second-order valence-electron chi connectivity index (χ2n) is 3.30. The summed E-state index contributed by atoms with van der Waals surface area (Å²) in [6.07, 6.45) is 1.82. The average molecular weight is 362 g/mol. The molecule has 0 aliphatic rings. The second-order valence-corrected chi connectivity index (χ2v) is 6.13. The highest BCUT2D eigenvalue weighted by Gasteiger charge is 1.98. The quantitative estimate of drug-likeness (QED) is 0.891. The molecule has 2 aromatic rings. The first-order valence-electron chi connectivity index (χ1n) is 4.78. The molecule has 5 heteroatoms. The van der Waals surface area contributed by atoms with Gasteiger partial charge in [0.15, 0.2) is 0 Å².